The minimum Gasteiger partial charge on any atom is -0.372 e. The van der Waals surface area contributed by atoms with E-state index in [-0.39, 0.29) is 31.0 Å². The standard InChI is InChI=1S/C22H33F3N4O3/c1-16-6-4-7-17(2)20(16)27-19(30)14-26-21(31)18(3)29-11-9-28(10-12-29)8-5-13-32-15-22(23,24)25/h4,6-7,18H,5,8-15H2,1-3H3,(H,26,31)(H,27,30). The number of piperazine rings is 1. The molecule has 1 aromatic carbocycles. The van der Waals surface area contributed by atoms with Gasteiger partial charge in [0.1, 0.15) is 6.61 Å². The van der Waals surface area contributed by atoms with Gasteiger partial charge in [-0.3, -0.25) is 14.5 Å². The highest BCUT2D eigenvalue weighted by atomic mass is 19.4. The number of hydrogen-bond acceptors (Lipinski definition) is 5. The lowest BCUT2D eigenvalue weighted by atomic mass is 10.1. The monoisotopic (exact) mass is 458 g/mol. The smallest absolute Gasteiger partial charge is 0.372 e. The molecule has 1 unspecified atom stereocenters. The van der Waals surface area contributed by atoms with Crippen LogP contribution in [0.3, 0.4) is 0 Å². The van der Waals surface area contributed by atoms with Crippen molar-refractivity contribution in [2.75, 3.05) is 57.8 Å². The fourth-order valence-corrected chi connectivity index (χ4v) is 3.63. The molecule has 0 bridgehead atoms. The third kappa shape index (κ3) is 8.76. The highest BCUT2D eigenvalue weighted by Gasteiger charge is 2.28. The van der Waals surface area contributed by atoms with Crippen molar-refractivity contribution >= 4 is 17.5 Å². The molecule has 32 heavy (non-hydrogen) atoms. The number of nitrogens with one attached hydrogen (secondary N) is 2. The molecule has 1 fully saturated rings. The molecule has 2 rings (SSSR count). The Labute approximate surface area is 187 Å². The average molecular weight is 459 g/mol. The predicted octanol–water partition coefficient (Wildman–Crippen LogP) is 2.33. The Morgan fingerprint density at radius 3 is 2.34 bits per heavy atom. The number of rotatable bonds is 10. The van der Waals surface area contributed by atoms with Gasteiger partial charge in [-0.2, -0.15) is 13.2 Å². The van der Waals surface area contributed by atoms with Gasteiger partial charge in [0.25, 0.3) is 0 Å². The predicted molar refractivity (Wildman–Crippen MR) is 117 cm³/mol. The van der Waals surface area contributed by atoms with Gasteiger partial charge in [0.05, 0.1) is 12.6 Å². The van der Waals surface area contributed by atoms with E-state index in [1.54, 1.807) is 6.92 Å². The molecular formula is C22H33F3N4O3. The first-order valence-corrected chi connectivity index (χ1v) is 10.8. The summed E-state index contributed by atoms with van der Waals surface area (Å²) in [6.07, 6.45) is -3.76. The summed E-state index contributed by atoms with van der Waals surface area (Å²) < 4.78 is 40.8. The fraction of sp³-hybridized carbons (Fsp3) is 0.636. The van der Waals surface area contributed by atoms with Crippen molar-refractivity contribution in [3.63, 3.8) is 0 Å². The van der Waals surface area contributed by atoms with E-state index in [1.165, 1.54) is 0 Å². The Balaban J connectivity index is 1.65. The van der Waals surface area contributed by atoms with Crippen molar-refractivity contribution in [3.05, 3.63) is 29.3 Å². The van der Waals surface area contributed by atoms with E-state index in [2.05, 4.69) is 20.3 Å². The van der Waals surface area contributed by atoms with Gasteiger partial charge in [0, 0.05) is 45.0 Å². The van der Waals surface area contributed by atoms with Crippen molar-refractivity contribution in [1.29, 1.82) is 0 Å². The number of ether oxygens (including phenoxy) is 1. The molecule has 0 spiro atoms. The second-order valence-corrected chi connectivity index (χ2v) is 8.11. The number of para-hydroxylation sites is 1. The highest BCUT2D eigenvalue weighted by Crippen LogP contribution is 2.19. The highest BCUT2D eigenvalue weighted by molar-refractivity contribution is 5.96. The lowest BCUT2D eigenvalue weighted by Gasteiger charge is -2.37. The zero-order valence-corrected chi connectivity index (χ0v) is 18.9. The zero-order chi connectivity index (χ0) is 23.7. The van der Waals surface area contributed by atoms with Crippen LogP contribution in [0.2, 0.25) is 0 Å². The van der Waals surface area contributed by atoms with Crippen molar-refractivity contribution in [2.24, 2.45) is 0 Å². The maximum Gasteiger partial charge on any atom is 0.411 e. The van der Waals surface area contributed by atoms with Crippen LogP contribution in [-0.4, -0.2) is 86.3 Å². The maximum absolute atomic E-state index is 12.5. The molecule has 7 nitrogen and oxygen atoms in total. The molecule has 10 heteroatoms. The fourth-order valence-electron chi connectivity index (χ4n) is 3.63. The molecule has 1 aromatic rings. The minimum absolute atomic E-state index is 0.0721. The SMILES string of the molecule is Cc1cccc(C)c1NC(=O)CNC(=O)C(C)N1CCN(CCCOCC(F)(F)F)CC1. The average Bonchev–Trinajstić information content (AvgIpc) is 2.73. The normalized spacial score (nSPS) is 16.6. The van der Waals surface area contributed by atoms with E-state index in [0.29, 0.717) is 26.1 Å². The first-order valence-electron chi connectivity index (χ1n) is 10.8. The van der Waals surface area contributed by atoms with Crippen LogP contribution in [0.1, 0.15) is 24.5 Å². The summed E-state index contributed by atoms with van der Waals surface area (Å²) >= 11 is 0. The first-order chi connectivity index (χ1) is 15.1. The quantitative estimate of drug-likeness (QED) is 0.527. The summed E-state index contributed by atoms with van der Waals surface area (Å²) in [6, 6.07) is 5.38. The summed E-state index contributed by atoms with van der Waals surface area (Å²) in [5.74, 6) is -0.490. The molecule has 2 amide bonds. The lowest BCUT2D eigenvalue weighted by molar-refractivity contribution is -0.174. The third-order valence-electron chi connectivity index (χ3n) is 5.53. The number of amides is 2. The van der Waals surface area contributed by atoms with Crippen LogP contribution >= 0.6 is 0 Å². The van der Waals surface area contributed by atoms with Crippen LogP contribution in [0.5, 0.6) is 0 Å². The van der Waals surface area contributed by atoms with E-state index >= 15 is 0 Å². The lowest BCUT2D eigenvalue weighted by Crippen LogP contribution is -2.54. The van der Waals surface area contributed by atoms with Gasteiger partial charge < -0.3 is 20.3 Å². The van der Waals surface area contributed by atoms with Crippen LogP contribution in [0.15, 0.2) is 18.2 Å². The number of alkyl halides is 3. The number of nitrogens with zero attached hydrogens (tertiary/aromatic N) is 2. The number of anilines is 1. The largest absolute Gasteiger partial charge is 0.411 e. The third-order valence-corrected chi connectivity index (χ3v) is 5.53. The minimum atomic E-state index is -4.29. The van der Waals surface area contributed by atoms with E-state index in [0.717, 1.165) is 29.9 Å². The van der Waals surface area contributed by atoms with E-state index in [4.69, 9.17) is 0 Å². The van der Waals surface area contributed by atoms with Crippen molar-refractivity contribution < 1.29 is 27.5 Å². The van der Waals surface area contributed by atoms with Gasteiger partial charge in [-0.25, -0.2) is 0 Å². The maximum atomic E-state index is 12.5. The van der Waals surface area contributed by atoms with Crippen molar-refractivity contribution in [2.45, 2.75) is 39.4 Å². The molecule has 0 radical (unpaired) electrons. The van der Waals surface area contributed by atoms with Gasteiger partial charge in [0.15, 0.2) is 0 Å². The zero-order valence-electron chi connectivity index (χ0n) is 18.9. The molecule has 1 saturated heterocycles. The molecular weight excluding hydrogens is 425 g/mol. The molecule has 1 aliphatic heterocycles. The molecule has 0 aliphatic carbocycles. The number of carbonyl (C=O) groups is 2. The second-order valence-electron chi connectivity index (χ2n) is 8.11. The number of hydrogen-bond donors (Lipinski definition) is 2. The molecule has 1 atom stereocenters. The van der Waals surface area contributed by atoms with Crippen LogP contribution in [0, 0.1) is 13.8 Å². The number of carbonyl (C=O) groups excluding carboxylic acids is 2. The summed E-state index contributed by atoms with van der Waals surface area (Å²) in [5, 5.41) is 5.54. The summed E-state index contributed by atoms with van der Waals surface area (Å²) in [5.41, 5.74) is 2.69. The summed E-state index contributed by atoms with van der Waals surface area (Å²) in [4.78, 5) is 28.9. The molecule has 1 heterocycles. The van der Waals surface area contributed by atoms with Gasteiger partial charge >= 0.3 is 6.18 Å². The number of benzene rings is 1. The molecule has 180 valence electrons. The van der Waals surface area contributed by atoms with Crippen molar-refractivity contribution in [1.82, 2.24) is 15.1 Å². The Morgan fingerprint density at radius 1 is 1.12 bits per heavy atom. The summed E-state index contributed by atoms with van der Waals surface area (Å²) in [7, 11) is 0. The van der Waals surface area contributed by atoms with Gasteiger partial charge in [-0.15, -0.1) is 0 Å². The molecule has 0 aromatic heterocycles. The number of aryl methyl sites for hydroxylation is 2. The Kier molecular flexibility index (Phi) is 9.92. The van der Waals surface area contributed by atoms with Crippen molar-refractivity contribution in [3.8, 4) is 0 Å². The van der Waals surface area contributed by atoms with Crippen LogP contribution in [-0.2, 0) is 14.3 Å². The van der Waals surface area contributed by atoms with Crippen LogP contribution in [0.4, 0.5) is 18.9 Å². The molecule has 1 aliphatic rings. The van der Waals surface area contributed by atoms with E-state index in [1.807, 2.05) is 36.9 Å². The molecule has 2 N–H and O–H groups in total. The Hall–Kier alpha value is -2.17. The second kappa shape index (κ2) is 12.2. The van der Waals surface area contributed by atoms with Crippen LogP contribution < -0.4 is 10.6 Å². The van der Waals surface area contributed by atoms with Gasteiger partial charge in [-0.1, -0.05) is 18.2 Å². The number of halogens is 3. The van der Waals surface area contributed by atoms with Gasteiger partial charge in [0.2, 0.25) is 11.8 Å². The van der Waals surface area contributed by atoms with Gasteiger partial charge in [-0.05, 0) is 38.3 Å². The topological polar surface area (TPSA) is 73.9 Å². The van der Waals surface area contributed by atoms with E-state index < -0.39 is 12.8 Å². The summed E-state index contributed by atoms with van der Waals surface area (Å²) in [6.45, 7) is 7.85. The Morgan fingerprint density at radius 2 is 1.75 bits per heavy atom. The van der Waals surface area contributed by atoms with Crippen LogP contribution in [0.25, 0.3) is 0 Å². The first kappa shape index (κ1) is 26.1. The molecule has 0 saturated carbocycles. The van der Waals surface area contributed by atoms with E-state index in [9.17, 15) is 22.8 Å². The Bertz CT molecular complexity index is 745.